The molecule has 0 bridgehead atoms. The van der Waals surface area contributed by atoms with Crippen molar-refractivity contribution in [2.75, 3.05) is 13.2 Å². The molecule has 60 heavy (non-hydrogen) atoms. The number of esters is 3. The number of allylic oxidation sites excluding steroid dienone is 14. The summed E-state index contributed by atoms with van der Waals surface area (Å²) in [5.41, 5.74) is 0. The Bertz CT molecular complexity index is 1190. The quantitative estimate of drug-likeness (QED) is 0.0200. The van der Waals surface area contributed by atoms with E-state index in [2.05, 4.69) is 45.1 Å². The van der Waals surface area contributed by atoms with E-state index < -0.39 is 6.10 Å². The third-order valence-corrected chi connectivity index (χ3v) is 10.3. The number of unbranched alkanes of at least 4 members (excludes halogenated alkanes) is 23. The van der Waals surface area contributed by atoms with Crippen molar-refractivity contribution in [3.63, 3.8) is 0 Å². The molecular formula is C54H90O6. The van der Waals surface area contributed by atoms with Crippen molar-refractivity contribution in [1.29, 1.82) is 0 Å². The molecule has 0 saturated carbocycles. The predicted molar refractivity (Wildman–Crippen MR) is 256 cm³/mol. The lowest BCUT2D eigenvalue weighted by atomic mass is 10.0. The van der Waals surface area contributed by atoms with E-state index in [1.807, 2.05) is 60.8 Å². The molecular weight excluding hydrogens is 745 g/mol. The van der Waals surface area contributed by atoms with Crippen LogP contribution in [0.1, 0.15) is 220 Å². The normalized spacial score (nSPS) is 12.8. The minimum Gasteiger partial charge on any atom is -0.462 e. The van der Waals surface area contributed by atoms with Crippen molar-refractivity contribution in [3.05, 3.63) is 85.1 Å². The molecule has 0 aromatic rings. The Labute approximate surface area is 369 Å². The molecule has 1 atom stereocenters. The Morgan fingerprint density at radius 3 is 1.08 bits per heavy atom. The van der Waals surface area contributed by atoms with Crippen molar-refractivity contribution < 1.29 is 28.6 Å². The molecule has 0 aromatic heterocycles. The van der Waals surface area contributed by atoms with Crippen LogP contribution in [0.15, 0.2) is 85.1 Å². The fourth-order valence-corrected chi connectivity index (χ4v) is 6.58. The Morgan fingerprint density at radius 2 is 0.667 bits per heavy atom. The molecule has 342 valence electrons. The number of rotatable bonds is 43. The van der Waals surface area contributed by atoms with Crippen LogP contribution in [0.2, 0.25) is 0 Å². The number of carbonyl (C=O) groups excluding carboxylic acids is 3. The average molecular weight is 835 g/mol. The molecule has 0 saturated heterocycles. The second-order valence-electron chi connectivity index (χ2n) is 16.1. The van der Waals surface area contributed by atoms with Crippen molar-refractivity contribution in [2.45, 2.75) is 226 Å². The molecule has 0 fully saturated rings. The smallest absolute Gasteiger partial charge is 0.306 e. The molecule has 6 heteroatoms. The second kappa shape index (κ2) is 48.3. The van der Waals surface area contributed by atoms with E-state index in [4.69, 9.17) is 14.2 Å². The molecule has 0 N–H and O–H groups in total. The minimum atomic E-state index is -0.800. The van der Waals surface area contributed by atoms with Gasteiger partial charge in [0.2, 0.25) is 0 Å². The van der Waals surface area contributed by atoms with Crippen LogP contribution in [0, 0.1) is 0 Å². The summed E-state index contributed by atoms with van der Waals surface area (Å²) in [5.74, 6) is -0.960. The summed E-state index contributed by atoms with van der Waals surface area (Å²) in [6.45, 7) is 6.42. The van der Waals surface area contributed by atoms with Crippen molar-refractivity contribution in [3.8, 4) is 0 Å². The summed E-state index contributed by atoms with van der Waals surface area (Å²) in [6.07, 6.45) is 61.3. The number of hydrogen-bond donors (Lipinski definition) is 0. The summed E-state index contributed by atoms with van der Waals surface area (Å²) < 4.78 is 16.7. The van der Waals surface area contributed by atoms with Gasteiger partial charge in [-0.25, -0.2) is 0 Å². The SMILES string of the molecule is CC\C=C/C=C\C=C/C=C\C=C\C=C/CCCCCC(=O)OCC(COC(=O)CCCCCCCCCCCCCC)OC(=O)CCCCC/C=C\CCCCCCCC. The maximum atomic E-state index is 12.8. The molecule has 0 aliphatic rings. The van der Waals surface area contributed by atoms with E-state index in [-0.39, 0.29) is 31.1 Å². The first-order valence-corrected chi connectivity index (χ1v) is 24.7. The van der Waals surface area contributed by atoms with Crippen LogP contribution in [0.5, 0.6) is 0 Å². The zero-order valence-corrected chi connectivity index (χ0v) is 38.9. The molecule has 0 aromatic carbocycles. The highest BCUT2D eigenvalue weighted by atomic mass is 16.6. The van der Waals surface area contributed by atoms with E-state index in [0.29, 0.717) is 19.3 Å². The van der Waals surface area contributed by atoms with Gasteiger partial charge < -0.3 is 14.2 Å². The van der Waals surface area contributed by atoms with Crippen LogP contribution >= 0.6 is 0 Å². The Morgan fingerprint density at radius 1 is 0.350 bits per heavy atom. The van der Waals surface area contributed by atoms with Gasteiger partial charge in [-0.2, -0.15) is 0 Å². The Hall–Kier alpha value is -3.41. The first-order chi connectivity index (χ1) is 29.5. The average Bonchev–Trinajstić information content (AvgIpc) is 3.24. The van der Waals surface area contributed by atoms with Gasteiger partial charge >= 0.3 is 17.9 Å². The lowest BCUT2D eigenvalue weighted by Gasteiger charge is -2.18. The van der Waals surface area contributed by atoms with E-state index in [0.717, 1.165) is 83.5 Å². The van der Waals surface area contributed by atoms with Crippen molar-refractivity contribution in [1.82, 2.24) is 0 Å². The summed E-state index contributed by atoms with van der Waals surface area (Å²) in [7, 11) is 0. The first kappa shape index (κ1) is 56.6. The van der Waals surface area contributed by atoms with Crippen molar-refractivity contribution >= 4 is 17.9 Å². The zero-order valence-electron chi connectivity index (χ0n) is 38.9. The Balaban J connectivity index is 4.50. The highest BCUT2D eigenvalue weighted by molar-refractivity contribution is 5.71. The fourth-order valence-electron chi connectivity index (χ4n) is 6.58. The van der Waals surface area contributed by atoms with Gasteiger partial charge in [-0.3, -0.25) is 14.4 Å². The van der Waals surface area contributed by atoms with Gasteiger partial charge in [-0.15, -0.1) is 0 Å². The molecule has 0 aliphatic heterocycles. The number of carbonyl (C=O) groups is 3. The van der Waals surface area contributed by atoms with Gasteiger partial charge in [0.05, 0.1) is 0 Å². The third-order valence-electron chi connectivity index (χ3n) is 10.3. The van der Waals surface area contributed by atoms with Crippen LogP contribution in [0.25, 0.3) is 0 Å². The maximum Gasteiger partial charge on any atom is 0.306 e. The van der Waals surface area contributed by atoms with Crippen molar-refractivity contribution in [2.24, 2.45) is 0 Å². The number of ether oxygens (including phenoxy) is 3. The van der Waals surface area contributed by atoms with Gasteiger partial charge in [0.25, 0.3) is 0 Å². The second-order valence-corrected chi connectivity index (χ2v) is 16.1. The van der Waals surface area contributed by atoms with Crippen LogP contribution < -0.4 is 0 Å². The summed E-state index contributed by atoms with van der Waals surface area (Å²) >= 11 is 0. The topological polar surface area (TPSA) is 78.9 Å². The largest absolute Gasteiger partial charge is 0.462 e. The first-order valence-electron chi connectivity index (χ1n) is 24.7. The molecule has 0 aliphatic carbocycles. The molecule has 0 amide bonds. The van der Waals surface area contributed by atoms with Crippen LogP contribution in [0.3, 0.4) is 0 Å². The van der Waals surface area contributed by atoms with Gasteiger partial charge in [-0.1, -0.05) is 221 Å². The molecule has 6 nitrogen and oxygen atoms in total. The molecule has 0 spiro atoms. The molecule has 1 unspecified atom stereocenters. The fraction of sp³-hybridized carbons (Fsp3) is 0.685. The summed E-state index contributed by atoms with van der Waals surface area (Å²) in [6, 6.07) is 0. The van der Waals surface area contributed by atoms with Gasteiger partial charge in [0.1, 0.15) is 13.2 Å². The standard InChI is InChI=1S/C54H90O6/c1-4-7-10-13-16-19-22-25-26-27-28-30-32-35-38-41-44-47-53(56)59-50-51(49-58-52(55)46-43-40-37-34-31-24-21-18-15-12-9-6-3)60-54(57)48-45-42-39-36-33-29-23-20-17-14-11-8-5-2/h7,10,13,16,19,22,25-30,32-33,51H,4-6,8-9,11-12,14-15,17-18,20-21,23-24,31,34-50H2,1-3H3/b10-7-,16-13-,22-19-,26-25-,28-27+,32-30-,33-29-. The van der Waals surface area contributed by atoms with Gasteiger partial charge in [0, 0.05) is 19.3 Å². The zero-order chi connectivity index (χ0) is 43.7. The lowest BCUT2D eigenvalue weighted by molar-refractivity contribution is -0.167. The minimum absolute atomic E-state index is 0.0962. The summed E-state index contributed by atoms with van der Waals surface area (Å²) in [4.78, 5) is 37.9. The van der Waals surface area contributed by atoms with Crippen LogP contribution in [-0.4, -0.2) is 37.2 Å². The Kier molecular flexibility index (Phi) is 45.5. The highest BCUT2D eigenvalue weighted by Gasteiger charge is 2.19. The van der Waals surface area contributed by atoms with Crippen LogP contribution in [-0.2, 0) is 28.6 Å². The molecule has 0 rings (SSSR count). The monoisotopic (exact) mass is 835 g/mol. The van der Waals surface area contributed by atoms with Gasteiger partial charge in [0.15, 0.2) is 6.10 Å². The summed E-state index contributed by atoms with van der Waals surface area (Å²) in [5, 5.41) is 0. The van der Waals surface area contributed by atoms with E-state index >= 15 is 0 Å². The number of hydrogen-bond acceptors (Lipinski definition) is 6. The molecule has 0 heterocycles. The lowest BCUT2D eigenvalue weighted by Crippen LogP contribution is -2.30. The van der Waals surface area contributed by atoms with E-state index in [1.165, 1.54) is 96.3 Å². The molecule has 0 radical (unpaired) electrons. The maximum absolute atomic E-state index is 12.8. The van der Waals surface area contributed by atoms with Crippen LogP contribution in [0.4, 0.5) is 0 Å². The highest BCUT2D eigenvalue weighted by Crippen LogP contribution is 2.14. The predicted octanol–water partition coefficient (Wildman–Crippen LogP) is 16.0. The third kappa shape index (κ3) is 45.7. The van der Waals surface area contributed by atoms with E-state index in [9.17, 15) is 14.4 Å². The van der Waals surface area contributed by atoms with E-state index in [1.54, 1.807) is 0 Å². The van der Waals surface area contributed by atoms with Gasteiger partial charge in [-0.05, 0) is 64.2 Å².